The molecular weight excluding hydrogens is 298 g/mol. The van der Waals surface area contributed by atoms with Crippen molar-refractivity contribution < 1.29 is 4.79 Å². The van der Waals surface area contributed by atoms with Gasteiger partial charge in [0.2, 0.25) is 0 Å². The smallest absolute Gasteiger partial charge is 0.274 e. The molecule has 1 aliphatic heterocycles. The number of amides is 1. The van der Waals surface area contributed by atoms with Gasteiger partial charge in [0.05, 0.1) is 0 Å². The third kappa shape index (κ3) is 3.94. The van der Waals surface area contributed by atoms with Gasteiger partial charge in [-0.25, -0.2) is 4.98 Å². The summed E-state index contributed by atoms with van der Waals surface area (Å²) in [5.74, 6) is 0.765. The number of hydrogen-bond donors (Lipinski definition) is 1. The molecule has 1 N–H and O–H groups in total. The molecule has 0 bridgehead atoms. The molecule has 1 amide bonds. The second-order valence-corrected chi connectivity index (χ2v) is 6.25. The molecule has 3 rings (SSSR count). The first-order valence-corrected chi connectivity index (χ1v) is 8.89. The maximum Gasteiger partial charge on any atom is 0.274 e. The van der Waals surface area contributed by atoms with Gasteiger partial charge in [0, 0.05) is 18.8 Å². The molecule has 4 nitrogen and oxygen atoms in total. The second-order valence-electron chi connectivity index (χ2n) is 6.25. The zero-order chi connectivity index (χ0) is 16.8. The van der Waals surface area contributed by atoms with Crippen LogP contribution in [0.3, 0.4) is 0 Å². The molecule has 4 heteroatoms. The quantitative estimate of drug-likeness (QED) is 0.913. The number of aryl methyl sites for hydroxylation is 1. The van der Waals surface area contributed by atoms with E-state index in [2.05, 4.69) is 22.1 Å². The number of carbonyl (C=O) groups is 1. The van der Waals surface area contributed by atoms with E-state index in [-0.39, 0.29) is 5.91 Å². The summed E-state index contributed by atoms with van der Waals surface area (Å²) in [6.45, 7) is 4.14. The predicted octanol–water partition coefficient (Wildman–Crippen LogP) is 4.28. The van der Waals surface area contributed by atoms with Crippen LogP contribution >= 0.6 is 0 Å². The molecule has 1 aliphatic rings. The van der Waals surface area contributed by atoms with Crippen LogP contribution in [-0.4, -0.2) is 24.0 Å². The first kappa shape index (κ1) is 16.5. The van der Waals surface area contributed by atoms with Gasteiger partial charge in [-0.2, -0.15) is 0 Å². The number of anilines is 2. The van der Waals surface area contributed by atoms with Gasteiger partial charge >= 0.3 is 0 Å². The lowest BCUT2D eigenvalue weighted by molar-refractivity contribution is 0.102. The maximum absolute atomic E-state index is 12.6. The number of benzene rings is 1. The van der Waals surface area contributed by atoms with Crippen molar-refractivity contribution in [1.82, 2.24) is 4.98 Å². The van der Waals surface area contributed by atoms with Crippen molar-refractivity contribution in [2.24, 2.45) is 0 Å². The number of nitrogens with one attached hydrogen (secondary N) is 1. The zero-order valence-electron chi connectivity index (χ0n) is 14.3. The molecule has 1 aromatic heterocycles. The molecular formula is C20H25N3O. The molecule has 2 heterocycles. The number of nitrogens with zero attached hydrogens (tertiary/aromatic N) is 2. The van der Waals surface area contributed by atoms with Gasteiger partial charge in [-0.3, -0.25) is 4.79 Å². The molecule has 0 aliphatic carbocycles. The third-order valence-electron chi connectivity index (χ3n) is 4.54. The van der Waals surface area contributed by atoms with Crippen molar-refractivity contribution in [3.05, 3.63) is 53.7 Å². The van der Waals surface area contributed by atoms with E-state index in [1.54, 1.807) is 6.07 Å². The zero-order valence-corrected chi connectivity index (χ0v) is 14.3. The molecule has 2 aromatic rings. The standard InChI is InChI=1S/C20H25N3O/c1-2-16-10-5-6-11-17(16)22-20(24)18-12-9-13-19(21-18)23-14-7-3-4-8-15-23/h5-6,9-13H,2-4,7-8,14-15H2,1H3,(H,22,24). The van der Waals surface area contributed by atoms with Crippen molar-refractivity contribution in [1.29, 1.82) is 0 Å². The van der Waals surface area contributed by atoms with Gasteiger partial charge in [0.25, 0.3) is 5.91 Å². The number of carbonyl (C=O) groups excluding carboxylic acids is 1. The van der Waals surface area contributed by atoms with E-state index in [4.69, 9.17) is 0 Å². The minimum atomic E-state index is -0.146. The Morgan fingerprint density at radius 2 is 1.79 bits per heavy atom. The van der Waals surface area contributed by atoms with E-state index in [0.29, 0.717) is 5.69 Å². The van der Waals surface area contributed by atoms with Crippen LogP contribution < -0.4 is 10.2 Å². The average Bonchev–Trinajstić information content (AvgIpc) is 2.92. The van der Waals surface area contributed by atoms with Crippen LogP contribution in [0.4, 0.5) is 11.5 Å². The minimum Gasteiger partial charge on any atom is -0.357 e. The summed E-state index contributed by atoms with van der Waals surface area (Å²) >= 11 is 0. The highest BCUT2D eigenvalue weighted by molar-refractivity contribution is 6.03. The minimum absolute atomic E-state index is 0.146. The van der Waals surface area contributed by atoms with Crippen LogP contribution in [-0.2, 0) is 6.42 Å². The van der Waals surface area contributed by atoms with E-state index in [0.717, 1.165) is 36.6 Å². The molecule has 1 saturated heterocycles. The Labute approximate surface area is 143 Å². The van der Waals surface area contributed by atoms with Crippen LogP contribution in [0, 0.1) is 0 Å². The van der Waals surface area contributed by atoms with Crippen molar-refractivity contribution in [2.45, 2.75) is 39.0 Å². The first-order chi connectivity index (χ1) is 11.8. The molecule has 0 spiro atoms. The normalized spacial score (nSPS) is 15.0. The summed E-state index contributed by atoms with van der Waals surface area (Å²) in [5.41, 5.74) is 2.48. The summed E-state index contributed by atoms with van der Waals surface area (Å²) < 4.78 is 0. The Hall–Kier alpha value is -2.36. The molecule has 126 valence electrons. The maximum atomic E-state index is 12.6. The topological polar surface area (TPSA) is 45.2 Å². The second kappa shape index (κ2) is 7.95. The van der Waals surface area contributed by atoms with E-state index >= 15 is 0 Å². The number of rotatable bonds is 4. The molecule has 0 atom stereocenters. The summed E-state index contributed by atoms with van der Waals surface area (Å²) in [6, 6.07) is 13.6. The monoisotopic (exact) mass is 323 g/mol. The fraction of sp³-hybridized carbons (Fsp3) is 0.400. The van der Waals surface area contributed by atoms with Gasteiger partial charge in [-0.05, 0) is 43.0 Å². The number of para-hydroxylation sites is 1. The highest BCUT2D eigenvalue weighted by atomic mass is 16.1. The van der Waals surface area contributed by atoms with Gasteiger partial charge in [-0.15, -0.1) is 0 Å². The Kier molecular flexibility index (Phi) is 5.47. The van der Waals surface area contributed by atoms with Crippen molar-refractivity contribution in [3.63, 3.8) is 0 Å². The van der Waals surface area contributed by atoms with Crippen molar-refractivity contribution in [2.75, 3.05) is 23.3 Å². The highest BCUT2D eigenvalue weighted by Crippen LogP contribution is 2.19. The van der Waals surface area contributed by atoms with Gasteiger partial charge in [0.1, 0.15) is 11.5 Å². The predicted molar refractivity (Wildman–Crippen MR) is 98.7 cm³/mol. The van der Waals surface area contributed by atoms with Crippen LogP contribution in [0.25, 0.3) is 0 Å². The van der Waals surface area contributed by atoms with E-state index in [1.165, 1.54) is 25.7 Å². The highest BCUT2D eigenvalue weighted by Gasteiger charge is 2.14. The van der Waals surface area contributed by atoms with E-state index < -0.39 is 0 Å². The Morgan fingerprint density at radius 1 is 1.04 bits per heavy atom. The molecule has 1 fully saturated rings. The average molecular weight is 323 g/mol. The fourth-order valence-corrected chi connectivity index (χ4v) is 3.16. The largest absolute Gasteiger partial charge is 0.357 e. The van der Waals surface area contributed by atoms with Crippen LogP contribution in [0.1, 0.15) is 48.7 Å². The SMILES string of the molecule is CCc1ccccc1NC(=O)c1cccc(N2CCCCCC2)n1. The van der Waals surface area contributed by atoms with Gasteiger partial charge in [0.15, 0.2) is 0 Å². The molecule has 24 heavy (non-hydrogen) atoms. The Balaban J connectivity index is 1.76. The molecule has 0 saturated carbocycles. The summed E-state index contributed by atoms with van der Waals surface area (Å²) in [7, 11) is 0. The van der Waals surface area contributed by atoms with E-state index in [9.17, 15) is 4.79 Å². The first-order valence-electron chi connectivity index (χ1n) is 8.89. The summed E-state index contributed by atoms with van der Waals surface area (Å²) in [4.78, 5) is 19.5. The van der Waals surface area contributed by atoms with Gasteiger partial charge < -0.3 is 10.2 Å². The van der Waals surface area contributed by atoms with Crippen molar-refractivity contribution in [3.8, 4) is 0 Å². The number of pyridine rings is 1. The van der Waals surface area contributed by atoms with Crippen LogP contribution in [0.5, 0.6) is 0 Å². The van der Waals surface area contributed by atoms with Crippen LogP contribution in [0.2, 0.25) is 0 Å². The van der Waals surface area contributed by atoms with E-state index in [1.807, 2.05) is 36.4 Å². The lowest BCUT2D eigenvalue weighted by atomic mass is 10.1. The third-order valence-corrected chi connectivity index (χ3v) is 4.54. The van der Waals surface area contributed by atoms with Crippen molar-refractivity contribution >= 4 is 17.4 Å². The van der Waals surface area contributed by atoms with Gasteiger partial charge in [-0.1, -0.05) is 44.0 Å². The number of hydrogen-bond acceptors (Lipinski definition) is 3. The Bertz CT molecular complexity index is 691. The molecule has 0 radical (unpaired) electrons. The number of aromatic nitrogens is 1. The summed E-state index contributed by atoms with van der Waals surface area (Å²) in [6.07, 6.45) is 5.84. The Morgan fingerprint density at radius 3 is 2.54 bits per heavy atom. The lowest BCUT2D eigenvalue weighted by Gasteiger charge is -2.21. The fourth-order valence-electron chi connectivity index (χ4n) is 3.16. The molecule has 1 aromatic carbocycles. The summed E-state index contributed by atoms with van der Waals surface area (Å²) in [5, 5.41) is 3.00. The van der Waals surface area contributed by atoms with Crippen LogP contribution in [0.15, 0.2) is 42.5 Å². The lowest BCUT2D eigenvalue weighted by Crippen LogP contribution is -2.26. The molecule has 0 unspecified atom stereocenters.